The molecule has 1 heteroatoms. The van der Waals surface area contributed by atoms with Gasteiger partial charge in [0.05, 0.1) is 0 Å². The van der Waals surface area contributed by atoms with Crippen LogP contribution in [0.25, 0.3) is 0 Å². The van der Waals surface area contributed by atoms with Gasteiger partial charge in [0.2, 0.25) is 0 Å². The predicted molar refractivity (Wildman–Crippen MR) is 46.2 cm³/mol. The van der Waals surface area contributed by atoms with Crippen LogP contribution in [0.15, 0.2) is 0 Å². The maximum atomic E-state index is 8.00. The van der Waals surface area contributed by atoms with Crippen LogP contribution in [-0.4, -0.2) is 6.79 Å². The van der Waals surface area contributed by atoms with Gasteiger partial charge in [-0.05, 0) is 0 Å². The molecule has 1 fully saturated rings. The van der Waals surface area contributed by atoms with Crippen molar-refractivity contribution in [2.24, 2.45) is 0 Å². The average molecular weight is 144 g/mol. The van der Waals surface area contributed by atoms with Crippen molar-refractivity contribution in [2.75, 3.05) is 0 Å². The Morgan fingerprint density at radius 1 is 0.700 bits per heavy atom. The van der Waals surface area contributed by atoms with Crippen molar-refractivity contribution in [3.8, 4) is 0 Å². The van der Waals surface area contributed by atoms with Crippen LogP contribution in [0.1, 0.15) is 52.4 Å². The van der Waals surface area contributed by atoms with E-state index in [0.717, 1.165) is 0 Å². The van der Waals surface area contributed by atoms with E-state index in [4.69, 9.17) is 4.79 Å². The summed E-state index contributed by atoms with van der Waals surface area (Å²) in [5, 5.41) is 0. The molecule has 1 rings (SSSR count). The molecular formula is C9H20O. The van der Waals surface area contributed by atoms with E-state index >= 15 is 0 Å². The van der Waals surface area contributed by atoms with Crippen LogP contribution in [0.2, 0.25) is 0 Å². The van der Waals surface area contributed by atoms with E-state index in [1.165, 1.54) is 38.5 Å². The van der Waals surface area contributed by atoms with Crippen molar-refractivity contribution in [3.05, 3.63) is 0 Å². The first-order chi connectivity index (χ1) is 5.00. The Morgan fingerprint density at radius 2 is 0.800 bits per heavy atom. The highest BCUT2D eigenvalue weighted by molar-refractivity contribution is 5.10. The quantitative estimate of drug-likeness (QED) is 0.510. The lowest BCUT2D eigenvalue weighted by Gasteiger charge is -2.05. The smallest absolute Gasteiger partial charge is 0.106 e. The van der Waals surface area contributed by atoms with Crippen LogP contribution in [0.4, 0.5) is 0 Å². The van der Waals surface area contributed by atoms with E-state index in [9.17, 15) is 0 Å². The minimum atomic E-state index is 1.50. The minimum absolute atomic E-state index is 1.50. The normalized spacial score (nSPS) is 15.4. The highest BCUT2D eigenvalue weighted by Gasteiger charge is 1.95. The third-order valence-electron chi connectivity index (χ3n) is 1.50. The topological polar surface area (TPSA) is 17.1 Å². The van der Waals surface area contributed by atoms with E-state index in [1.807, 2.05) is 20.6 Å². The van der Waals surface area contributed by atoms with Crippen LogP contribution in [-0.2, 0) is 4.79 Å². The van der Waals surface area contributed by atoms with Gasteiger partial charge in [0, 0.05) is 0 Å². The summed E-state index contributed by atoms with van der Waals surface area (Å²) in [6.45, 7) is 6.00. The molecule has 0 aromatic rings. The molecule has 0 unspecified atom stereocenters. The number of hydrogen-bond donors (Lipinski definition) is 0. The molecule has 0 heterocycles. The largest absolute Gasteiger partial charge is 0.307 e. The first-order valence-corrected chi connectivity index (χ1v) is 4.29. The number of rotatable bonds is 0. The van der Waals surface area contributed by atoms with Crippen LogP contribution in [0, 0.1) is 0 Å². The average Bonchev–Trinajstić information content (AvgIpc) is 2.14. The van der Waals surface area contributed by atoms with Gasteiger partial charge in [-0.3, -0.25) is 0 Å². The van der Waals surface area contributed by atoms with Gasteiger partial charge in [-0.15, -0.1) is 0 Å². The maximum absolute atomic E-state index is 8.00. The van der Waals surface area contributed by atoms with Crippen molar-refractivity contribution in [3.63, 3.8) is 0 Å². The second kappa shape index (κ2) is 15.9. The molecule has 1 nitrogen and oxygen atoms in total. The van der Waals surface area contributed by atoms with Crippen molar-refractivity contribution in [1.29, 1.82) is 0 Å². The van der Waals surface area contributed by atoms with Crippen LogP contribution in [0.3, 0.4) is 0 Å². The van der Waals surface area contributed by atoms with Gasteiger partial charge in [0.15, 0.2) is 0 Å². The second-order valence-electron chi connectivity index (χ2n) is 2.12. The van der Waals surface area contributed by atoms with Crippen LogP contribution in [0.5, 0.6) is 0 Å². The Morgan fingerprint density at radius 3 is 0.900 bits per heavy atom. The number of carbonyl (C=O) groups is 1. The molecule has 1 saturated carbocycles. The summed E-state index contributed by atoms with van der Waals surface area (Å²) >= 11 is 0. The molecular weight excluding hydrogens is 124 g/mol. The van der Waals surface area contributed by atoms with Gasteiger partial charge in [-0.2, -0.15) is 0 Å². The fraction of sp³-hybridized carbons (Fsp3) is 0.889. The van der Waals surface area contributed by atoms with Gasteiger partial charge in [-0.25, -0.2) is 0 Å². The van der Waals surface area contributed by atoms with Gasteiger partial charge in [0.25, 0.3) is 0 Å². The number of carbonyl (C=O) groups excluding carboxylic acids is 1. The SMILES string of the molecule is C1CCCCC1.C=O.CC. The second-order valence-corrected chi connectivity index (χ2v) is 2.12. The zero-order valence-electron chi connectivity index (χ0n) is 7.36. The lowest BCUT2D eigenvalue weighted by atomic mass is 10.0. The van der Waals surface area contributed by atoms with Gasteiger partial charge in [-0.1, -0.05) is 52.4 Å². The molecule has 0 aromatic carbocycles. The first-order valence-electron chi connectivity index (χ1n) is 4.29. The summed E-state index contributed by atoms with van der Waals surface area (Å²) in [5.74, 6) is 0. The highest BCUT2D eigenvalue weighted by Crippen LogP contribution is 2.15. The van der Waals surface area contributed by atoms with Crippen LogP contribution < -0.4 is 0 Å². The van der Waals surface area contributed by atoms with Crippen molar-refractivity contribution in [2.45, 2.75) is 52.4 Å². The monoisotopic (exact) mass is 144 g/mol. The summed E-state index contributed by atoms with van der Waals surface area (Å²) in [7, 11) is 0. The lowest BCUT2D eigenvalue weighted by Crippen LogP contribution is -1.85. The highest BCUT2D eigenvalue weighted by atomic mass is 16.1. The van der Waals surface area contributed by atoms with Gasteiger partial charge >= 0.3 is 0 Å². The van der Waals surface area contributed by atoms with E-state index in [-0.39, 0.29) is 0 Å². The van der Waals surface area contributed by atoms with E-state index in [1.54, 1.807) is 0 Å². The Hall–Kier alpha value is -0.330. The predicted octanol–water partition coefficient (Wildman–Crippen LogP) is 3.18. The summed E-state index contributed by atoms with van der Waals surface area (Å²) in [4.78, 5) is 8.00. The zero-order chi connectivity index (χ0) is 8.24. The first kappa shape index (κ1) is 12.4. The molecule has 0 radical (unpaired) electrons. The summed E-state index contributed by atoms with van der Waals surface area (Å²) < 4.78 is 0. The standard InChI is InChI=1S/C6H12.C2H6.CH2O/c1-2-4-6-5-3-1;2*1-2/h1-6H2;1-2H3;1H2. The molecule has 0 saturated heterocycles. The van der Waals surface area contributed by atoms with E-state index < -0.39 is 0 Å². The molecule has 0 aliphatic heterocycles. The molecule has 1 aliphatic carbocycles. The zero-order valence-corrected chi connectivity index (χ0v) is 7.36. The van der Waals surface area contributed by atoms with Crippen molar-refractivity contribution in [1.82, 2.24) is 0 Å². The van der Waals surface area contributed by atoms with Crippen molar-refractivity contribution >= 4 is 6.79 Å². The third kappa shape index (κ3) is 10.6. The fourth-order valence-electron chi connectivity index (χ4n) is 1.06. The molecule has 0 amide bonds. The van der Waals surface area contributed by atoms with Crippen molar-refractivity contribution < 1.29 is 4.79 Å². The van der Waals surface area contributed by atoms with E-state index in [2.05, 4.69) is 0 Å². The molecule has 0 N–H and O–H groups in total. The lowest BCUT2D eigenvalue weighted by molar-refractivity contribution is -0.0979. The Balaban J connectivity index is 0. The minimum Gasteiger partial charge on any atom is -0.307 e. The molecule has 1 aliphatic rings. The Labute approximate surface area is 64.8 Å². The Bertz CT molecular complexity index is 28.5. The molecule has 0 atom stereocenters. The summed E-state index contributed by atoms with van der Waals surface area (Å²) in [6.07, 6.45) is 9.00. The number of hydrogen-bond acceptors (Lipinski definition) is 1. The molecule has 0 aromatic heterocycles. The third-order valence-corrected chi connectivity index (χ3v) is 1.50. The maximum Gasteiger partial charge on any atom is 0.106 e. The molecule has 10 heavy (non-hydrogen) atoms. The summed E-state index contributed by atoms with van der Waals surface area (Å²) in [6, 6.07) is 0. The van der Waals surface area contributed by atoms with Crippen LogP contribution >= 0.6 is 0 Å². The molecule has 0 bridgehead atoms. The Kier molecular flexibility index (Phi) is 19.6. The fourth-order valence-corrected chi connectivity index (χ4v) is 1.06. The summed E-state index contributed by atoms with van der Waals surface area (Å²) in [5.41, 5.74) is 0. The molecule has 0 spiro atoms. The van der Waals surface area contributed by atoms with E-state index in [0.29, 0.717) is 0 Å². The van der Waals surface area contributed by atoms with Gasteiger partial charge < -0.3 is 4.79 Å². The van der Waals surface area contributed by atoms with Gasteiger partial charge in [0.1, 0.15) is 6.79 Å². The molecule has 62 valence electrons.